The van der Waals surface area contributed by atoms with E-state index in [-0.39, 0.29) is 0 Å². The summed E-state index contributed by atoms with van der Waals surface area (Å²) < 4.78 is 5.86. The number of aryl methyl sites for hydroxylation is 1. The number of ether oxygens (including phenoxy) is 1. The van der Waals surface area contributed by atoms with Crippen molar-refractivity contribution in [1.29, 1.82) is 0 Å². The molecule has 172 valence electrons. The summed E-state index contributed by atoms with van der Waals surface area (Å²) in [5.74, 6) is 0.636. The Balaban J connectivity index is 1.38. The van der Waals surface area contributed by atoms with E-state index in [0.717, 1.165) is 27.8 Å². The number of amides is 2. The van der Waals surface area contributed by atoms with Crippen LogP contribution in [0.1, 0.15) is 26.3 Å². The van der Waals surface area contributed by atoms with Gasteiger partial charge in [0.25, 0.3) is 11.8 Å². The first-order chi connectivity index (χ1) is 16.9. The summed E-state index contributed by atoms with van der Waals surface area (Å²) in [4.78, 5) is 31.3. The van der Waals surface area contributed by atoms with Crippen molar-refractivity contribution in [2.24, 2.45) is 11.5 Å². The molecule has 0 bridgehead atoms. The predicted molar refractivity (Wildman–Crippen MR) is 135 cm³/mol. The number of benzene rings is 4. The Morgan fingerprint density at radius 3 is 2.03 bits per heavy atom. The lowest BCUT2D eigenvalue weighted by Crippen LogP contribution is -2.11. The second kappa shape index (κ2) is 8.79. The summed E-state index contributed by atoms with van der Waals surface area (Å²) in [5, 5.41) is 0. The molecule has 4 aromatic carbocycles. The van der Waals surface area contributed by atoms with Crippen LogP contribution in [-0.4, -0.2) is 21.8 Å². The number of aromatic amines is 1. The SMILES string of the molecule is Cc1cc(C(N)=O)c2nc(-c3ccc(-c4ccc(Oc5ccccc5C(N)=O)cc4)cc3)[nH]c2c1. The van der Waals surface area contributed by atoms with Gasteiger partial charge in [0.15, 0.2) is 0 Å². The summed E-state index contributed by atoms with van der Waals surface area (Å²) in [7, 11) is 0. The highest BCUT2D eigenvalue weighted by molar-refractivity contribution is 6.05. The van der Waals surface area contributed by atoms with Gasteiger partial charge in [-0.15, -0.1) is 0 Å². The third kappa shape index (κ3) is 4.35. The molecule has 2 amide bonds. The number of carbonyl (C=O) groups is 2. The average molecular weight is 463 g/mol. The van der Waals surface area contributed by atoms with E-state index >= 15 is 0 Å². The van der Waals surface area contributed by atoms with Crippen LogP contribution in [-0.2, 0) is 0 Å². The highest BCUT2D eigenvalue weighted by Gasteiger charge is 2.14. The van der Waals surface area contributed by atoms with Gasteiger partial charge in [0.2, 0.25) is 0 Å². The van der Waals surface area contributed by atoms with Crippen molar-refractivity contribution in [2.75, 3.05) is 0 Å². The predicted octanol–water partition coefficient (Wildman–Crippen LogP) is 5.20. The van der Waals surface area contributed by atoms with Crippen molar-refractivity contribution < 1.29 is 14.3 Å². The third-order valence-corrected chi connectivity index (χ3v) is 5.72. The molecule has 5 N–H and O–H groups in total. The summed E-state index contributed by atoms with van der Waals surface area (Å²) in [5.41, 5.74) is 16.9. The topological polar surface area (TPSA) is 124 Å². The number of imidazole rings is 1. The minimum absolute atomic E-state index is 0.330. The normalized spacial score (nSPS) is 10.9. The Bertz CT molecular complexity index is 1570. The first-order valence-electron chi connectivity index (χ1n) is 11.0. The number of primary amides is 2. The molecule has 0 aliphatic heterocycles. The van der Waals surface area contributed by atoms with Gasteiger partial charge in [0.1, 0.15) is 22.8 Å². The maximum Gasteiger partial charge on any atom is 0.252 e. The molecule has 7 heteroatoms. The van der Waals surface area contributed by atoms with Crippen LogP contribution in [0, 0.1) is 6.92 Å². The van der Waals surface area contributed by atoms with Gasteiger partial charge in [-0.2, -0.15) is 0 Å². The number of nitrogens with zero attached hydrogens (tertiary/aromatic N) is 1. The van der Waals surface area contributed by atoms with E-state index in [0.29, 0.717) is 34.0 Å². The Kier molecular flexibility index (Phi) is 5.51. The highest BCUT2D eigenvalue weighted by Crippen LogP contribution is 2.30. The van der Waals surface area contributed by atoms with Crippen molar-refractivity contribution >= 4 is 22.8 Å². The maximum absolute atomic E-state index is 11.8. The van der Waals surface area contributed by atoms with Crippen LogP contribution in [0.15, 0.2) is 84.9 Å². The zero-order valence-electron chi connectivity index (χ0n) is 18.9. The summed E-state index contributed by atoms with van der Waals surface area (Å²) in [6.07, 6.45) is 0. The first-order valence-corrected chi connectivity index (χ1v) is 11.0. The fourth-order valence-corrected chi connectivity index (χ4v) is 4.01. The molecule has 0 spiro atoms. The molecule has 5 rings (SSSR count). The summed E-state index contributed by atoms with van der Waals surface area (Å²) >= 11 is 0. The Morgan fingerprint density at radius 1 is 0.771 bits per heavy atom. The zero-order chi connectivity index (χ0) is 24.5. The van der Waals surface area contributed by atoms with E-state index in [1.54, 1.807) is 30.3 Å². The molecule has 7 nitrogen and oxygen atoms in total. The number of H-pyrrole nitrogens is 1. The van der Waals surface area contributed by atoms with Crippen molar-refractivity contribution in [1.82, 2.24) is 9.97 Å². The van der Waals surface area contributed by atoms with Crippen LogP contribution in [0.2, 0.25) is 0 Å². The minimum Gasteiger partial charge on any atom is -0.457 e. The minimum atomic E-state index is -0.539. The molecular formula is C28H22N4O3. The molecule has 35 heavy (non-hydrogen) atoms. The highest BCUT2D eigenvalue weighted by atomic mass is 16.5. The summed E-state index contributed by atoms with van der Waals surface area (Å²) in [6, 6.07) is 26.1. The second-order valence-corrected chi connectivity index (χ2v) is 8.22. The fraction of sp³-hybridized carbons (Fsp3) is 0.0357. The quantitative estimate of drug-likeness (QED) is 0.321. The Morgan fingerprint density at radius 2 is 1.37 bits per heavy atom. The van der Waals surface area contributed by atoms with Crippen LogP contribution in [0.5, 0.6) is 11.5 Å². The third-order valence-electron chi connectivity index (χ3n) is 5.72. The van der Waals surface area contributed by atoms with E-state index in [4.69, 9.17) is 16.2 Å². The van der Waals surface area contributed by atoms with Crippen LogP contribution < -0.4 is 16.2 Å². The van der Waals surface area contributed by atoms with Gasteiger partial charge in [0.05, 0.1) is 16.6 Å². The van der Waals surface area contributed by atoms with Gasteiger partial charge >= 0.3 is 0 Å². The van der Waals surface area contributed by atoms with Crippen LogP contribution in [0.25, 0.3) is 33.5 Å². The molecular weight excluding hydrogens is 440 g/mol. The smallest absolute Gasteiger partial charge is 0.252 e. The number of para-hydroxylation sites is 1. The molecule has 0 aliphatic rings. The van der Waals surface area contributed by atoms with Gasteiger partial charge in [-0.25, -0.2) is 4.98 Å². The number of hydrogen-bond acceptors (Lipinski definition) is 4. The lowest BCUT2D eigenvalue weighted by Gasteiger charge is -2.10. The number of nitrogens with one attached hydrogen (secondary N) is 1. The molecule has 0 fully saturated rings. The number of nitrogens with two attached hydrogens (primary N) is 2. The van der Waals surface area contributed by atoms with E-state index in [2.05, 4.69) is 9.97 Å². The molecule has 5 aromatic rings. The van der Waals surface area contributed by atoms with Crippen molar-refractivity contribution in [3.63, 3.8) is 0 Å². The number of fused-ring (bicyclic) bond motifs is 1. The molecule has 1 aromatic heterocycles. The van der Waals surface area contributed by atoms with Crippen LogP contribution >= 0.6 is 0 Å². The maximum atomic E-state index is 11.8. The lowest BCUT2D eigenvalue weighted by molar-refractivity contribution is 0.0991. The molecule has 0 radical (unpaired) electrons. The van der Waals surface area contributed by atoms with E-state index in [1.807, 2.05) is 61.5 Å². The van der Waals surface area contributed by atoms with Crippen molar-refractivity contribution in [3.8, 4) is 34.0 Å². The second-order valence-electron chi connectivity index (χ2n) is 8.22. The fourth-order valence-electron chi connectivity index (χ4n) is 4.01. The van der Waals surface area contributed by atoms with Crippen molar-refractivity contribution in [2.45, 2.75) is 6.92 Å². The summed E-state index contributed by atoms with van der Waals surface area (Å²) in [6.45, 7) is 1.91. The van der Waals surface area contributed by atoms with Gasteiger partial charge in [-0.1, -0.05) is 48.5 Å². The number of aromatic nitrogens is 2. The number of hydrogen-bond donors (Lipinski definition) is 3. The van der Waals surface area contributed by atoms with E-state index in [1.165, 1.54) is 0 Å². The van der Waals surface area contributed by atoms with E-state index in [9.17, 15) is 9.59 Å². The average Bonchev–Trinajstić information content (AvgIpc) is 3.28. The van der Waals surface area contributed by atoms with Crippen LogP contribution in [0.3, 0.4) is 0 Å². The van der Waals surface area contributed by atoms with Gasteiger partial charge < -0.3 is 21.2 Å². The van der Waals surface area contributed by atoms with Gasteiger partial charge in [-0.05, 0) is 60.0 Å². The van der Waals surface area contributed by atoms with Crippen molar-refractivity contribution in [3.05, 3.63) is 102 Å². The van der Waals surface area contributed by atoms with Crippen LogP contribution in [0.4, 0.5) is 0 Å². The first kappa shape index (κ1) is 21.9. The zero-order valence-corrected chi connectivity index (χ0v) is 18.9. The monoisotopic (exact) mass is 462 g/mol. The van der Waals surface area contributed by atoms with Gasteiger partial charge in [0, 0.05) is 5.56 Å². The standard InChI is InChI=1S/C28H22N4O3/c1-16-14-22(27(30)34)25-23(15-16)31-28(32-25)19-8-6-17(7-9-19)18-10-12-20(13-11-18)35-24-5-3-2-4-21(24)26(29)33/h2-15H,1H3,(H2,29,33)(H2,30,34)(H,31,32). The number of rotatable bonds is 6. The molecule has 1 heterocycles. The van der Waals surface area contributed by atoms with E-state index < -0.39 is 11.8 Å². The van der Waals surface area contributed by atoms with Gasteiger partial charge in [-0.3, -0.25) is 9.59 Å². The Labute approximate surface area is 201 Å². The lowest BCUT2D eigenvalue weighted by atomic mass is 10.0. The Hall–Kier alpha value is -4.91. The number of carbonyl (C=O) groups excluding carboxylic acids is 2. The molecule has 0 saturated heterocycles. The molecule has 0 aliphatic carbocycles. The largest absolute Gasteiger partial charge is 0.457 e. The molecule has 0 saturated carbocycles. The molecule has 0 atom stereocenters. The molecule has 0 unspecified atom stereocenters.